The van der Waals surface area contributed by atoms with E-state index in [0.29, 0.717) is 16.5 Å². The fraction of sp³-hybridized carbons (Fsp3) is 0.208. The lowest BCUT2D eigenvalue weighted by molar-refractivity contribution is 0.601. The van der Waals surface area contributed by atoms with Gasteiger partial charge in [-0.1, -0.05) is 36.4 Å². The molecule has 170 valence electrons. The summed E-state index contributed by atoms with van der Waals surface area (Å²) in [4.78, 5) is 8.54. The number of anilines is 1. The molecular formula is C24H23N3O4S2. The van der Waals surface area contributed by atoms with Crippen molar-refractivity contribution >= 4 is 36.6 Å². The van der Waals surface area contributed by atoms with Gasteiger partial charge >= 0.3 is 0 Å². The average Bonchev–Trinajstić information content (AvgIpc) is 3.44. The maximum Gasteiger partial charge on any atom is 0.229 e. The van der Waals surface area contributed by atoms with E-state index in [0.717, 1.165) is 46.2 Å². The van der Waals surface area contributed by atoms with Crippen molar-refractivity contribution in [3.8, 4) is 11.1 Å². The summed E-state index contributed by atoms with van der Waals surface area (Å²) in [6.07, 6.45) is 3.29. The number of aromatic amines is 1. The number of imidazole rings is 1. The van der Waals surface area contributed by atoms with Gasteiger partial charge in [-0.3, -0.25) is 4.72 Å². The molecule has 0 aliphatic heterocycles. The Morgan fingerprint density at radius 1 is 0.909 bits per heavy atom. The summed E-state index contributed by atoms with van der Waals surface area (Å²) in [6.45, 7) is 0. The molecule has 0 amide bonds. The second kappa shape index (κ2) is 7.71. The van der Waals surface area contributed by atoms with Crippen LogP contribution >= 0.6 is 0 Å². The zero-order valence-corrected chi connectivity index (χ0v) is 19.7. The Hall–Kier alpha value is -3.17. The van der Waals surface area contributed by atoms with E-state index in [4.69, 9.17) is 4.98 Å². The number of fused-ring (bicyclic) bond motifs is 1. The van der Waals surface area contributed by atoms with Crippen molar-refractivity contribution in [2.75, 3.05) is 17.2 Å². The molecule has 5 rings (SSSR count). The fourth-order valence-corrected chi connectivity index (χ4v) is 5.43. The summed E-state index contributed by atoms with van der Waals surface area (Å²) in [5.74, 6) is 1.46. The van der Waals surface area contributed by atoms with Gasteiger partial charge in [-0.15, -0.1) is 0 Å². The summed E-state index contributed by atoms with van der Waals surface area (Å²) in [6, 6.07) is 20.2. The number of hydrogen-bond acceptors (Lipinski definition) is 5. The van der Waals surface area contributed by atoms with Crippen LogP contribution in [0.1, 0.15) is 29.6 Å². The lowest BCUT2D eigenvalue weighted by atomic mass is 10.0. The first-order valence-electron chi connectivity index (χ1n) is 10.5. The predicted octanol–water partition coefficient (Wildman–Crippen LogP) is 4.28. The van der Waals surface area contributed by atoms with Gasteiger partial charge in [0.2, 0.25) is 10.0 Å². The van der Waals surface area contributed by atoms with E-state index in [2.05, 4.69) is 9.71 Å². The van der Waals surface area contributed by atoms with E-state index < -0.39 is 19.9 Å². The van der Waals surface area contributed by atoms with Gasteiger partial charge in [0, 0.05) is 17.7 Å². The van der Waals surface area contributed by atoms with Crippen LogP contribution in [0.15, 0.2) is 71.6 Å². The van der Waals surface area contributed by atoms with E-state index in [1.54, 1.807) is 24.3 Å². The van der Waals surface area contributed by atoms with Crippen LogP contribution in [-0.4, -0.2) is 39.3 Å². The lowest BCUT2D eigenvalue weighted by Gasteiger charge is -2.10. The molecule has 0 bridgehead atoms. The number of para-hydroxylation sites is 1. The zero-order chi connectivity index (χ0) is 23.4. The first-order valence-corrected chi connectivity index (χ1v) is 14.2. The minimum atomic E-state index is -3.40. The van der Waals surface area contributed by atoms with E-state index in [1.807, 2.05) is 42.5 Å². The number of nitrogens with zero attached hydrogens (tertiary/aromatic N) is 1. The highest BCUT2D eigenvalue weighted by molar-refractivity contribution is 7.92. The molecule has 33 heavy (non-hydrogen) atoms. The van der Waals surface area contributed by atoms with Crippen LogP contribution in [-0.2, 0) is 19.9 Å². The lowest BCUT2D eigenvalue weighted by Crippen LogP contribution is -2.10. The third-order valence-corrected chi connectivity index (χ3v) is 7.63. The molecule has 3 aromatic carbocycles. The smallest absolute Gasteiger partial charge is 0.229 e. The number of H-pyrrole nitrogens is 1. The molecule has 9 heteroatoms. The van der Waals surface area contributed by atoms with Gasteiger partial charge in [0.15, 0.2) is 9.84 Å². The van der Waals surface area contributed by atoms with Crippen LogP contribution in [0.3, 0.4) is 0 Å². The molecule has 2 unspecified atom stereocenters. The molecule has 4 aromatic rings. The highest BCUT2D eigenvalue weighted by Gasteiger charge is 2.41. The van der Waals surface area contributed by atoms with Gasteiger partial charge in [0.05, 0.1) is 27.9 Å². The van der Waals surface area contributed by atoms with Crippen molar-refractivity contribution in [1.29, 1.82) is 0 Å². The Morgan fingerprint density at radius 3 is 2.33 bits per heavy atom. The molecule has 1 fully saturated rings. The van der Waals surface area contributed by atoms with E-state index in [9.17, 15) is 16.8 Å². The number of benzene rings is 3. The van der Waals surface area contributed by atoms with Crippen LogP contribution in [0.5, 0.6) is 0 Å². The Kier molecular flexibility index (Phi) is 5.06. The van der Waals surface area contributed by atoms with Gasteiger partial charge in [-0.05, 0) is 53.8 Å². The molecule has 1 saturated carbocycles. The van der Waals surface area contributed by atoms with Crippen LogP contribution in [0, 0.1) is 0 Å². The average molecular weight is 482 g/mol. The number of aromatic nitrogens is 2. The van der Waals surface area contributed by atoms with Crippen LogP contribution in [0.4, 0.5) is 5.69 Å². The van der Waals surface area contributed by atoms with Crippen LogP contribution < -0.4 is 4.72 Å². The molecule has 7 nitrogen and oxygen atoms in total. The van der Waals surface area contributed by atoms with Gasteiger partial charge in [0.25, 0.3) is 0 Å². The molecule has 1 heterocycles. The van der Waals surface area contributed by atoms with Gasteiger partial charge in [0.1, 0.15) is 5.82 Å². The second-order valence-corrected chi connectivity index (χ2v) is 12.3. The standard InChI is InChI=1S/C24H23N3O4S2/c1-32(28,29)17-10-7-15(8-11-17)19-14-20(19)24-25-22-12-9-16(13-23(22)26-24)18-5-3-4-6-21(18)27-33(2,30)31/h3-13,19-20,27H,14H2,1-2H3,(H,25,26). The molecule has 2 N–H and O–H groups in total. The zero-order valence-electron chi connectivity index (χ0n) is 18.1. The molecule has 0 radical (unpaired) electrons. The minimum Gasteiger partial charge on any atom is -0.342 e. The second-order valence-electron chi connectivity index (χ2n) is 8.56. The highest BCUT2D eigenvalue weighted by atomic mass is 32.2. The Labute approximate surface area is 192 Å². The summed E-state index contributed by atoms with van der Waals surface area (Å²) < 4.78 is 49.4. The van der Waals surface area contributed by atoms with Crippen LogP contribution in [0.2, 0.25) is 0 Å². The topological polar surface area (TPSA) is 109 Å². The predicted molar refractivity (Wildman–Crippen MR) is 130 cm³/mol. The number of sulfonamides is 1. The SMILES string of the molecule is CS(=O)(=O)Nc1ccccc1-c1ccc2[nH]c(C3CC3c3ccc(S(C)(=O)=O)cc3)nc2c1. The number of sulfone groups is 1. The molecule has 0 spiro atoms. The van der Waals surface area contributed by atoms with Crippen LogP contribution in [0.25, 0.3) is 22.2 Å². The van der Waals surface area contributed by atoms with E-state index >= 15 is 0 Å². The Morgan fingerprint density at radius 2 is 1.64 bits per heavy atom. The van der Waals surface area contributed by atoms with E-state index in [1.165, 1.54) is 6.26 Å². The molecule has 1 aliphatic rings. The van der Waals surface area contributed by atoms with Crippen molar-refractivity contribution in [3.05, 3.63) is 78.1 Å². The van der Waals surface area contributed by atoms with Crippen molar-refractivity contribution in [2.24, 2.45) is 0 Å². The summed E-state index contributed by atoms with van der Waals surface area (Å²) >= 11 is 0. The summed E-state index contributed by atoms with van der Waals surface area (Å²) in [5, 5.41) is 0. The minimum absolute atomic E-state index is 0.254. The maximum atomic E-state index is 11.7. The van der Waals surface area contributed by atoms with Crippen molar-refractivity contribution in [1.82, 2.24) is 9.97 Å². The van der Waals surface area contributed by atoms with Crippen molar-refractivity contribution in [2.45, 2.75) is 23.2 Å². The molecule has 1 aromatic heterocycles. The number of rotatable bonds is 6. The largest absolute Gasteiger partial charge is 0.342 e. The molecular weight excluding hydrogens is 458 g/mol. The fourth-order valence-electron chi connectivity index (χ4n) is 4.22. The normalized spacial score (nSPS) is 18.4. The Balaban J connectivity index is 1.41. The first-order chi connectivity index (χ1) is 15.6. The first kappa shape index (κ1) is 21.7. The third kappa shape index (κ3) is 4.51. The third-order valence-electron chi connectivity index (χ3n) is 5.91. The maximum absolute atomic E-state index is 11.7. The van der Waals surface area contributed by atoms with Crippen molar-refractivity contribution < 1.29 is 16.8 Å². The summed E-state index contributed by atoms with van der Waals surface area (Å²) in [7, 11) is -6.60. The van der Waals surface area contributed by atoms with Gasteiger partial charge in [-0.2, -0.15) is 0 Å². The summed E-state index contributed by atoms with van der Waals surface area (Å²) in [5.41, 5.74) is 5.01. The van der Waals surface area contributed by atoms with E-state index in [-0.39, 0.29) is 5.92 Å². The quantitative estimate of drug-likeness (QED) is 0.427. The Bertz CT molecular complexity index is 1570. The van der Waals surface area contributed by atoms with Gasteiger partial charge < -0.3 is 4.98 Å². The number of nitrogens with one attached hydrogen (secondary N) is 2. The monoisotopic (exact) mass is 481 g/mol. The number of hydrogen-bond donors (Lipinski definition) is 2. The van der Waals surface area contributed by atoms with Gasteiger partial charge in [-0.25, -0.2) is 21.8 Å². The highest BCUT2D eigenvalue weighted by Crippen LogP contribution is 2.54. The molecule has 0 saturated heterocycles. The molecule has 1 aliphatic carbocycles. The van der Waals surface area contributed by atoms with Crippen molar-refractivity contribution in [3.63, 3.8) is 0 Å². The molecule has 2 atom stereocenters.